The van der Waals surface area contributed by atoms with E-state index in [-0.39, 0.29) is 28.8 Å². The summed E-state index contributed by atoms with van der Waals surface area (Å²) in [6.45, 7) is 3.90. The van der Waals surface area contributed by atoms with Gasteiger partial charge in [0.05, 0.1) is 10.6 Å². The van der Waals surface area contributed by atoms with Crippen molar-refractivity contribution in [2.75, 3.05) is 10.6 Å². The number of fused-ring (bicyclic) bond motifs is 1. The van der Waals surface area contributed by atoms with Crippen LogP contribution in [0.15, 0.2) is 36.4 Å². The number of carbonyl (C=O) groups excluding carboxylic acids is 2. The third-order valence-electron chi connectivity index (χ3n) is 4.99. The number of hydrogen-bond donors (Lipinski definition) is 4. The zero-order valence-electron chi connectivity index (χ0n) is 17.5. The summed E-state index contributed by atoms with van der Waals surface area (Å²) in [6, 6.07) is 8.73. The van der Waals surface area contributed by atoms with Gasteiger partial charge in [0.15, 0.2) is 0 Å². The number of carboxylic acid groups (broad SMARTS) is 1. The van der Waals surface area contributed by atoms with Crippen molar-refractivity contribution in [1.29, 1.82) is 0 Å². The molecule has 0 fully saturated rings. The molecule has 1 aliphatic heterocycles. The summed E-state index contributed by atoms with van der Waals surface area (Å²) in [5.41, 5.74) is 8.25. The number of benzene rings is 2. The van der Waals surface area contributed by atoms with Crippen molar-refractivity contribution in [2.24, 2.45) is 11.7 Å². The molecule has 0 saturated carbocycles. The summed E-state index contributed by atoms with van der Waals surface area (Å²) in [5, 5.41) is 15.9. The lowest BCUT2D eigenvalue weighted by Crippen LogP contribution is -2.33. The number of rotatable bonds is 6. The second-order valence-electron chi connectivity index (χ2n) is 7.99. The summed E-state index contributed by atoms with van der Waals surface area (Å²) < 4.78 is 0. The van der Waals surface area contributed by atoms with Crippen LogP contribution in [0.3, 0.4) is 0 Å². The Hall–Kier alpha value is -3.03. The molecular weight excluding hydrogens is 453 g/mol. The first-order valence-corrected chi connectivity index (χ1v) is 10.7. The largest absolute Gasteiger partial charge is 0.480 e. The molecule has 0 saturated heterocycles. The van der Waals surface area contributed by atoms with Crippen molar-refractivity contribution in [1.82, 2.24) is 0 Å². The lowest BCUT2D eigenvalue weighted by molar-refractivity contribution is -0.137. The van der Waals surface area contributed by atoms with Crippen molar-refractivity contribution >= 4 is 63.5 Å². The molecule has 3 rings (SSSR count). The molecule has 5 N–H and O–H groups in total. The fourth-order valence-electron chi connectivity index (χ4n) is 3.68. The van der Waals surface area contributed by atoms with E-state index in [2.05, 4.69) is 10.6 Å². The summed E-state index contributed by atoms with van der Waals surface area (Å²) in [7, 11) is 0. The summed E-state index contributed by atoms with van der Waals surface area (Å²) >= 11 is 12.5. The number of halogens is 2. The van der Waals surface area contributed by atoms with Gasteiger partial charge in [0.2, 0.25) is 11.8 Å². The molecule has 1 atom stereocenters. The molecule has 2 aromatic carbocycles. The van der Waals surface area contributed by atoms with E-state index in [1.165, 1.54) is 6.07 Å². The zero-order chi connectivity index (χ0) is 23.6. The first kappa shape index (κ1) is 23.6. The third-order valence-corrected chi connectivity index (χ3v) is 5.51. The number of anilines is 2. The highest BCUT2D eigenvalue weighted by atomic mass is 35.5. The van der Waals surface area contributed by atoms with Gasteiger partial charge in [0, 0.05) is 34.8 Å². The Balaban J connectivity index is 2.09. The van der Waals surface area contributed by atoms with Crippen molar-refractivity contribution in [3.63, 3.8) is 0 Å². The monoisotopic (exact) mass is 475 g/mol. The topological polar surface area (TPSA) is 122 Å². The fourth-order valence-corrected chi connectivity index (χ4v) is 4.29. The van der Waals surface area contributed by atoms with Gasteiger partial charge in [-0.05, 0) is 41.3 Å². The molecule has 1 aliphatic rings. The number of nitrogens with one attached hydrogen (secondary N) is 2. The quantitative estimate of drug-likeness (QED) is 0.453. The lowest BCUT2D eigenvalue weighted by Gasteiger charge is -2.29. The van der Waals surface area contributed by atoms with Crippen molar-refractivity contribution in [3.8, 4) is 0 Å². The van der Waals surface area contributed by atoms with E-state index in [1.54, 1.807) is 30.3 Å². The Morgan fingerprint density at radius 1 is 1.19 bits per heavy atom. The first-order chi connectivity index (χ1) is 15.1. The average Bonchev–Trinajstić information content (AvgIpc) is 2.67. The van der Waals surface area contributed by atoms with Crippen molar-refractivity contribution < 1.29 is 19.5 Å². The SMILES string of the molecule is CC(C)CC(=O)Nc1ccc(/C(C(N)=O)=C2/CC(C(=O)O)Nc3cc(Cl)cc(Cl)c32)cc1. The second-order valence-corrected chi connectivity index (χ2v) is 8.83. The Kier molecular flexibility index (Phi) is 7.11. The van der Waals surface area contributed by atoms with E-state index in [4.69, 9.17) is 28.9 Å². The standard InChI is InChI=1S/C23H23Cl2N3O4/c1-11(2)7-19(29)27-14-5-3-12(4-6-14)20(22(26)30)15-10-18(23(31)32)28-17-9-13(24)8-16(25)21(15)17/h3-6,8-9,11,18,28H,7,10H2,1-2H3,(H2,26,30)(H,27,29)(H,31,32)/b20-15+. The van der Waals surface area contributed by atoms with E-state index >= 15 is 0 Å². The fraction of sp³-hybridized carbons (Fsp3) is 0.261. The first-order valence-electron chi connectivity index (χ1n) is 9.98. The third kappa shape index (κ3) is 5.23. The highest BCUT2D eigenvalue weighted by Crippen LogP contribution is 2.43. The molecule has 2 amide bonds. The van der Waals surface area contributed by atoms with Gasteiger partial charge in [-0.25, -0.2) is 4.79 Å². The molecule has 0 spiro atoms. The predicted octanol–water partition coefficient (Wildman–Crippen LogP) is 4.64. The molecule has 1 unspecified atom stereocenters. The molecule has 9 heteroatoms. The van der Waals surface area contributed by atoms with E-state index in [1.807, 2.05) is 13.8 Å². The molecule has 2 aromatic rings. The van der Waals surface area contributed by atoms with E-state index in [0.717, 1.165) is 0 Å². The van der Waals surface area contributed by atoms with Gasteiger partial charge in [-0.2, -0.15) is 0 Å². The van der Waals surface area contributed by atoms with Gasteiger partial charge >= 0.3 is 5.97 Å². The Labute approximate surface area is 195 Å². The van der Waals surface area contributed by atoms with Crippen LogP contribution in [-0.2, 0) is 14.4 Å². The minimum atomic E-state index is -1.09. The minimum absolute atomic E-state index is 0.00512. The summed E-state index contributed by atoms with van der Waals surface area (Å²) in [6.07, 6.45) is 0.384. The highest BCUT2D eigenvalue weighted by molar-refractivity contribution is 6.38. The van der Waals surface area contributed by atoms with Crippen LogP contribution in [0.1, 0.15) is 37.8 Å². The van der Waals surface area contributed by atoms with Crippen molar-refractivity contribution in [2.45, 2.75) is 32.7 Å². The maximum absolute atomic E-state index is 12.5. The smallest absolute Gasteiger partial charge is 0.326 e. The van der Waals surface area contributed by atoms with Crippen LogP contribution < -0.4 is 16.4 Å². The molecular formula is C23H23Cl2N3O4. The van der Waals surface area contributed by atoms with Gasteiger partial charge in [0.1, 0.15) is 6.04 Å². The normalized spacial score (nSPS) is 16.7. The second kappa shape index (κ2) is 9.63. The van der Waals surface area contributed by atoms with E-state index in [9.17, 15) is 19.5 Å². The Morgan fingerprint density at radius 2 is 1.84 bits per heavy atom. The Morgan fingerprint density at radius 3 is 2.41 bits per heavy atom. The zero-order valence-corrected chi connectivity index (χ0v) is 19.1. The minimum Gasteiger partial charge on any atom is -0.480 e. The van der Waals surface area contributed by atoms with Crippen LogP contribution in [0.2, 0.25) is 10.0 Å². The molecule has 168 valence electrons. The number of carbonyl (C=O) groups is 3. The van der Waals surface area contributed by atoms with Crippen LogP contribution >= 0.6 is 23.2 Å². The maximum atomic E-state index is 12.5. The average molecular weight is 476 g/mol. The molecule has 32 heavy (non-hydrogen) atoms. The molecule has 1 heterocycles. The highest BCUT2D eigenvalue weighted by Gasteiger charge is 2.32. The number of aliphatic carboxylic acids is 1. The molecule has 0 bridgehead atoms. The number of primary amides is 1. The predicted molar refractivity (Wildman–Crippen MR) is 127 cm³/mol. The number of nitrogens with two attached hydrogens (primary N) is 1. The van der Waals surface area contributed by atoms with E-state index < -0.39 is 17.9 Å². The Bertz CT molecular complexity index is 1110. The summed E-state index contributed by atoms with van der Waals surface area (Å²) in [5.74, 6) is -1.70. The molecule has 0 aromatic heterocycles. The van der Waals surface area contributed by atoms with Gasteiger partial charge < -0.3 is 21.5 Å². The van der Waals surface area contributed by atoms with Crippen LogP contribution in [0.25, 0.3) is 11.1 Å². The van der Waals surface area contributed by atoms with Crippen LogP contribution in [0.5, 0.6) is 0 Å². The number of carboxylic acids is 1. The molecule has 0 radical (unpaired) electrons. The maximum Gasteiger partial charge on any atom is 0.326 e. The van der Waals surface area contributed by atoms with Gasteiger partial charge in [-0.3, -0.25) is 9.59 Å². The molecule has 0 aliphatic carbocycles. The summed E-state index contributed by atoms with van der Waals surface area (Å²) in [4.78, 5) is 36.2. The van der Waals surface area contributed by atoms with Gasteiger partial charge in [-0.15, -0.1) is 0 Å². The van der Waals surface area contributed by atoms with Crippen molar-refractivity contribution in [3.05, 3.63) is 57.6 Å². The number of hydrogen-bond acceptors (Lipinski definition) is 4. The molecule has 7 nitrogen and oxygen atoms in total. The van der Waals surface area contributed by atoms with Crippen LogP contribution in [0, 0.1) is 5.92 Å². The van der Waals surface area contributed by atoms with Gasteiger partial charge in [-0.1, -0.05) is 49.2 Å². The van der Waals surface area contributed by atoms with E-state index in [0.29, 0.717) is 39.5 Å². The van der Waals surface area contributed by atoms with Crippen LogP contribution in [0.4, 0.5) is 11.4 Å². The lowest BCUT2D eigenvalue weighted by atomic mass is 9.86. The van der Waals surface area contributed by atoms with Crippen LogP contribution in [-0.4, -0.2) is 28.9 Å². The van der Waals surface area contributed by atoms with Gasteiger partial charge in [0.25, 0.3) is 0 Å². The number of amides is 2.